The van der Waals surface area contributed by atoms with E-state index in [1.165, 1.54) is 0 Å². The minimum Gasteiger partial charge on any atom is -0.394 e. The molecule has 13 heavy (non-hydrogen) atoms. The van der Waals surface area contributed by atoms with E-state index in [0.717, 1.165) is 12.8 Å². The molecule has 1 saturated carbocycles. The third-order valence-corrected chi connectivity index (χ3v) is 2.56. The Morgan fingerprint density at radius 3 is 2.46 bits per heavy atom. The average Bonchev–Trinajstić information content (AvgIpc) is 2.79. The summed E-state index contributed by atoms with van der Waals surface area (Å²) in [5.41, 5.74) is 5.06. The molecule has 0 aromatic carbocycles. The average molecular weight is 186 g/mol. The lowest BCUT2D eigenvalue weighted by atomic mass is 10.0. The third kappa shape index (κ3) is 2.42. The van der Waals surface area contributed by atoms with Gasteiger partial charge in [-0.15, -0.1) is 0 Å². The summed E-state index contributed by atoms with van der Waals surface area (Å²) < 4.78 is 0. The smallest absolute Gasteiger partial charge is 0.240 e. The van der Waals surface area contributed by atoms with Crippen molar-refractivity contribution in [1.82, 2.24) is 5.32 Å². The first-order valence-electron chi connectivity index (χ1n) is 4.70. The molecule has 1 fully saturated rings. The van der Waals surface area contributed by atoms with Crippen molar-refractivity contribution in [3.8, 4) is 0 Å². The highest BCUT2D eigenvalue weighted by Gasteiger charge is 2.46. The van der Waals surface area contributed by atoms with Crippen LogP contribution in [-0.2, 0) is 4.79 Å². The molecular weight excluding hydrogens is 168 g/mol. The molecule has 1 aliphatic carbocycles. The normalized spacial score (nSPS) is 21.3. The molecule has 1 unspecified atom stereocenters. The molecule has 0 heterocycles. The zero-order chi connectivity index (χ0) is 10.1. The Morgan fingerprint density at radius 1 is 1.62 bits per heavy atom. The number of aliphatic hydroxyl groups excluding tert-OH is 1. The molecule has 0 aromatic heterocycles. The summed E-state index contributed by atoms with van der Waals surface area (Å²) in [6, 6.07) is -0.173. The number of carbonyl (C=O) groups excluding carboxylic acids is 1. The molecule has 76 valence electrons. The first kappa shape index (κ1) is 10.5. The van der Waals surface area contributed by atoms with Crippen LogP contribution in [0.4, 0.5) is 0 Å². The summed E-state index contributed by atoms with van der Waals surface area (Å²) in [5, 5.41) is 11.7. The fourth-order valence-corrected chi connectivity index (χ4v) is 1.10. The predicted molar refractivity (Wildman–Crippen MR) is 50.0 cm³/mol. The van der Waals surface area contributed by atoms with Gasteiger partial charge in [0.25, 0.3) is 0 Å². The molecule has 0 aliphatic heterocycles. The Balaban J connectivity index is 2.42. The molecule has 0 radical (unpaired) electrons. The van der Waals surface area contributed by atoms with Crippen molar-refractivity contribution < 1.29 is 9.90 Å². The largest absolute Gasteiger partial charge is 0.394 e. The van der Waals surface area contributed by atoms with Crippen molar-refractivity contribution in [2.75, 3.05) is 6.61 Å². The summed E-state index contributed by atoms with van der Waals surface area (Å²) in [4.78, 5) is 11.5. The quantitative estimate of drug-likeness (QED) is 0.559. The molecule has 1 aliphatic rings. The third-order valence-electron chi connectivity index (χ3n) is 2.56. The van der Waals surface area contributed by atoms with Crippen LogP contribution in [0.5, 0.6) is 0 Å². The van der Waals surface area contributed by atoms with Crippen molar-refractivity contribution in [1.29, 1.82) is 0 Å². The Morgan fingerprint density at radius 2 is 2.15 bits per heavy atom. The first-order valence-corrected chi connectivity index (χ1v) is 4.70. The Kier molecular flexibility index (Phi) is 2.93. The van der Waals surface area contributed by atoms with Crippen molar-refractivity contribution in [2.24, 2.45) is 11.7 Å². The number of aliphatic hydroxyl groups is 1. The van der Waals surface area contributed by atoms with Gasteiger partial charge in [-0.3, -0.25) is 4.79 Å². The van der Waals surface area contributed by atoms with Gasteiger partial charge in [-0.25, -0.2) is 0 Å². The Bertz CT molecular complexity index is 200. The van der Waals surface area contributed by atoms with Crippen LogP contribution in [0.15, 0.2) is 0 Å². The lowest BCUT2D eigenvalue weighted by Crippen LogP contribution is -2.50. The predicted octanol–water partition coefficient (Wildman–Crippen LogP) is -0.389. The van der Waals surface area contributed by atoms with Crippen LogP contribution in [0.25, 0.3) is 0 Å². The summed E-state index contributed by atoms with van der Waals surface area (Å²) in [7, 11) is 0. The maximum atomic E-state index is 11.5. The van der Waals surface area contributed by atoms with Crippen LogP contribution in [0, 0.1) is 5.92 Å². The maximum Gasteiger partial charge on any atom is 0.240 e. The van der Waals surface area contributed by atoms with Gasteiger partial charge in [0.2, 0.25) is 5.91 Å². The zero-order valence-electron chi connectivity index (χ0n) is 8.21. The number of nitrogens with two attached hydrogens (primary N) is 1. The van der Waals surface area contributed by atoms with Crippen LogP contribution in [0.2, 0.25) is 0 Å². The number of rotatable bonds is 4. The van der Waals surface area contributed by atoms with Gasteiger partial charge in [-0.05, 0) is 18.8 Å². The van der Waals surface area contributed by atoms with Gasteiger partial charge in [0, 0.05) is 0 Å². The second-order valence-electron chi connectivity index (χ2n) is 4.16. The number of hydrogen-bond acceptors (Lipinski definition) is 3. The second-order valence-corrected chi connectivity index (χ2v) is 4.16. The number of nitrogens with one attached hydrogen (secondary N) is 1. The van der Waals surface area contributed by atoms with Crippen LogP contribution in [0.3, 0.4) is 0 Å². The minimum atomic E-state index is -0.637. The number of carbonyl (C=O) groups is 1. The van der Waals surface area contributed by atoms with E-state index in [9.17, 15) is 4.79 Å². The molecule has 1 amide bonds. The van der Waals surface area contributed by atoms with E-state index in [4.69, 9.17) is 10.8 Å². The van der Waals surface area contributed by atoms with Crippen LogP contribution < -0.4 is 11.1 Å². The minimum absolute atomic E-state index is 0.0283. The maximum absolute atomic E-state index is 11.5. The van der Waals surface area contributed by atoms with E-state index in [1.807, 2.05) is 13.8 Å². The van der Waals surface area contributed by atoms with Crippen molar-refractivity contribution >= 4 is 5.91 Å². The first-order chi connectivity index (χ1) is 5.99. The van der Waals surface area contributed by atoms with Gasteiger partial charge < -0.3 is 16.2 Å². The fourth-order valence-electron chi connectivity index (χ4n) is 1.10. The van der Waals surface area contributed by atoms with Crippen molar-refractivity contribution in [3.63, 3.8) is 0 Å². The molecular formula is C9H18N2O2. The number of hydrogen-bond donors (Lipinski definition) is 3. The van der Waals surface area contributed by atoms with Crippen LogP contribution in [-0.4, -0.2) is 29.2 Å². The molecule has 4 N–H and O–H groups in total. The highest BCUT2D eigenvalue weighted by Crippen LogP contribution is 2.32. The molecule has 0 spiro atoms. The molecule has 1 atom stereocenters. The lowest BCUT2D eigenvalue weighted by Gasteiger charge is -2.21. The van der Waals surface area contributed by atoms with E-state index >= 15 is 0 Å². The fraction of sp³-hybridized carbons (Fsp3) is 0.889. The monoisotopic (exact) mass is 186 g/mol. The number of amides is 1. The molecule has 1 rings (SSSR count). The van der Waals surface area contributed by atoms with Crippen LogP contribution >= 0.6 is 0 Å². The molecule has 0 bridgehead atoms. The highest BCUT2D eigenvalue weighted by molar-refractivity contribution is 5.89. The van der Waals surface area contributed by atoms with E-state index in [1.54, 1.807) is 0 Å². The summed E-state index contributed by atoms with van der Waals surface area (Å²) in [6.07, 6.45) is 1.52. The van der Waals surface area contributed by atoms with Crippen LogP contribution in [0.1, 0.15) is 26.7 Å². The van der Waals surface area contributed by atoms with Crippen molar-refractivity contribution in [3.05, 3.63) is 0 Å². The summed E-state index contributed by atoms with van der Waals surface area (Å²) >= 11 is 0. The van der Waals surface area contributed by atoms with Gasteiger partial charge in [0.1, 0.15) is 0 Å². The standard InChI is InChI=1S/C9H18N2O2/c1-6(2)7(5-12)11-8(13)9(10)3-4-9/h6-7,12H,3-5,10H2,1-2H3,(H,11,13). The lowest BCUT2D eigenvalue weighted by molar-refractivity contribution is -0.124. The van der Waals surface area contributed by atoms with Gasteiger partial charge in [0.15, 0.2) is 0 Å². The molecule has 4 heteroatoms. The Labute approximate surface area is 78.5 Å². The molecule has 0 saturated heterocycles. The van der Waals surface area contributed by atoms with Gasteiger partial charge in [-0.2, -0.15) is 0 Å². The van der Waals surface area contributed by atoms with E-state index < -0.39 is 5.54 Å². The van der Waals surface area contributed by atoms with Gasteiger partial charge in [0.05, 0.1) is 18.2 Å². The van der Waals surface area contributed by atoms with E-state index in [2.05, 4.69) is 5.32 Å². The molecule has 0 aromatic rings. The SMILES string of the molecule is CC(C)C(CO)NC(=O)C1(N)CC1. The topological polar surface area (TPSA) is 75.3 Å². The Hall–Kier alpha value is -0.610. The summed E-state index contributed by atoms with van der Waals surface area (Å²) in [6.45, 7) is 3.88. The van der Waals surface area contributed by atoms with E-state index in [-0.39, 0.29) is 24.5 Å². The second kappa shape index (κ2) is 3.64. The zero-order valence-corrected chi connectivity index (χ0v) is 8.21. The van der Waals surface area contributed by atoms with Gasteiger partial charge in [-0.1, -0.05) is 13.8 Å². The van der Waals surface area contributed by atoms with E-state index in [0.29, 0.717) is 0 Å². The highest BCUT2D eigenvalue weighted by atomic mass is 16.3. The van der Waals surface area contributed by atoms with Gasteiger partial charge >= 0.3 is 0 Å². The van der Waals surface area contributed by atoms with Crippen molar-refractivity contribution in [2.45, 2.75) is 38.3 Å². The summed E-state index contributed by atoms with van der Waals surface area (Å²) in [5.74, 6) is 0.108. The molecule has 4 nitrogen and oxygen atoms in total.